The molecule has 1 rings (SSSR count). The second-order valence-electron chi connectivity index (χ2n) is 4.37. The molecule has 0 fully saturated rings. The van der Waals surface area contributed by atoms with Gasteiger partial charge in [0.25, 0.3) is 0 Å². The summed E-state index contributed by atoms with van der Waals surface area (Å²) in [4.78, 5) is 0. The number of hydrogen-bond acceptors (Lipinski definition) is 1. The monoisotopic (exact) mass is 223 g/mol. The summed E-state index contributed by atoms with van der Waals surface area (Å²) in [5, 5.41) is 3.21. The molecule has 0 amide bonds. The van der Waals surface area contributed by atoms with E-state index in [0.717, 1.165) is 6.42 Å². The van der Waals surface area contributed by atoms with Crippen molar-refractivity contribution in [2.24, 2.45) is 0 Å². The van der Waals surface area contributed by atoms with Crippen LogP contribution in [0.15, 0.2) is 24.3 Å². The average Bonchev–Trinajstić information content (AvgIpc) is 2.28. The van der Waals surface area contributed by atoms with E-state index >= 15 is 0 Å². The molecule has 0 aliphatic heterocycles. The number of anilines is 1. The Balaban J connectivity index is 2.28. The van der Waals surface area contributed by atoms with Crippen molar-refractivity contribution in [1.29, 1.82) is 0 Å². The summed E-state index contributed by atoms with van der Waals surface area (Å²) in [7, 11) is 0. The Morgan fingerprint density at radius 3 is 2.62 bits per heavy atom. The van der Waals surface area contributed by atoms with E-state index in [9.17, 15) is 4.39 Å². The third-order valence-electron chi connectivity index (χ3n) is 2.77. The lowest BCUT2D eigenvalue weighted by atomic mass is 10.1. The van der Waals surface area contributed by atoms with Crippen LogP contribution in [0, 0.1) is 5.82 Å². The summed E-state index contributed by atoms with van der Waals surface area (Å²) in [5.74, 6) is -0.164. The van der Waals surface area contributed by atoms with Crippen LogP contribution in [-0.4, -0.2) is 6.04 Å². The molecule has 1 aromatic carbocycles. The lowest BCUT2D eigenvalue weighted by Gasteiger charge is -2.15. The van der Waals surface area contributed by atoms with Gasteiger partial charge in [-0.3, -0.25) is 0 Å². The first-order valence-corrected chi connectivity index (χ1v) is 6.25. The maximum absolute atomic E-state index is 13.3. The van der Waals surface area contributed by atoms with Crippen LogP contribution in [0.3, 0.4) is 0 Å². The number of rotatable bonds is 7. The molecule has 0 bridgehead atoms. The Morgan fingerprint density at radius 1 is 1.19 bits per heavy atom. The van der Waals surface area contributed by atoms with E-state index in [-0.39, 0.29) is 5.82 Å². The molecule has 0 saturated heterocycles. The average molecular weight is 223 g/mol. The zero-order valence-electron chi connectivity index (χ0n) is 10.3. The molecule has 0 aromatic heterocycles. The molecule has 0 saturated carbocycles. The molecule has 0 spiro atoms. The van der Waals surface area contributed by atoms with Gasteiger partial charge >= 0.3 is 0 Å². The van der Waals surface area contributed by atoms with Crippen LogP contribution in [-0.2, 0) is 0 Å². The Bertz CT molecular complexity index is 299. The Kier molecular flexibility index (Phi) is 5.91. The summed E-state index contributed by atoms with van der Waals surface area (Å²) in [6.07, 6.45) is 6.16. The molecular formula is C14H22FN. The smallest absolute Gasteiger partial charge is 0.146 e. The lowest BCUT2D eigenvalue weighted by molar-refractivity contribution is 0.586. The minimum absolute atomic E-state index is 0.164. The van der Waals surface area contributed by atoms with Crippen molar-refractivity contribution in [3.05, 3.63) is 30.1 Å². The normalized spacial score (nSPS) is 12.4. The van der Waals surface area contributed by atoms with Crippen LogP contribution in [0.1, 0.15) is 46.0 Å². The molecule has 2 heteroatoms. The first-order chi connectivity index (χ1) is 7.74. The molecule has 0 aliphatic carbocycles. The molecular weight excluding hydrogens is 201 g/mol. The Hall–Kier alpha value is -1.05. The first-order valence-electron chi connectivity index (χ1n) is 6.25. The largest absolute Gasteiger partial charge is 0.380 e. The van der Waals surface area contributed by atoms with Gasteiger partial charge in [0.05, 0.1) is 5.69 Å². The number of halogens is 1. The minimum atomic E-state index is -0.164. The van der Waals surface area contributed by atoms with E-state index in [2.05, 4.69) is 19.2 Å². The van der Waals surface area contributed by atoms with Crippen molar-refractivity contribution in [3.8, 4) is 0 Å². The number of benzene rings is 1. The van der Waals surface area contributed by atoms with Gasteiger partial charge in [-0.25, -0.2) is 4.39 Å². The van der Waals surface area contributed by atoms with Crippen molar-refractivity contribution in [2.45, 2.75) is 52.0 Å². The highest BCUT2D eigenvalue weighted by atomic mass is 19.1. The van der Waals surface area contributed by atoms with Crippen molar-refractivity contribution in [2.75, 3.05) is 5.32 Å². The van der Waals surface area contributed by atoms with E-state index in [1.807, 2.05) is 6.07 Å². The Labute approximate surface area is 98.1 Å². The van der Waals surface area contributed by atoms with Crippen LogP contribution in [0.4, 0.5) is 10.1 Å². The summed E-state index contributed by atoms with van der Waals surface area (Å²) in [6.45, 7) is 4.32. The molecule has 0 aliphatic rings. The topological polar surface area (TPSA) is 12.0 Å². The molecule has 1 atom stereocenters. The van der Waals surface area contributed by atoms with Gasteiger partial charge in [0.15, 0.2) is 0 Å². The van der Waals surface area contributed by atoms with Crippen molar-refractivity contribution in [3.63, 3.8) is 0 Å². The molecule has 16 heavy (non-hydrogen) atoms. The second-order valence-corrected chi connectivity index (χ2v) is 4.37. The van der Waals surface area contributed by atoms with Gasteiger partial charge in [0.2, 0.25) is 0 Å². The molecule has 90 valence electrons. The van der Waals surface area contributed by atoms with E-state index in [1.54, 1.807) is 12.1 Å². The van der Waals surface area contributed by atoms with E-state index < -0.39 is 0 Å². The number of unbranched alkanes of at least 4 members (excludes halogenated alkanes) is 3. The van der Waals surface area contributed by atoms with Gasteiger partial charge in [0, 0.05) is 6.04 Å². The van der Waals surface area contributed by atoms with Gasteiger partial charge in [-0.2, -0.15) is 0 Å². The van der Waals surface area contributed by atoms with E-state index in [0.29, 0.717) is 11.7 Å². The zero-order chi connectivity index (χ0) is 11.8. The quantitative estimate of drug-likeness (QED) is 0.666. The van der Waals surface area contributed by atoms with Crippen LogP contribution >= 0.6 is 0 Å². The molecule has 1 N–H and O–H groups in total. The van der Waals surface area contributed by atoms with Crippen LogP contribution in [0.2, 0.25) is 0 Å². The maximum atomic E-state index is 13.3. The number of hydrogen-bond donors (Lipinski definition) is 1. The summed E-state index contributed by atoms with van der Waals surface area (Å²) < 4.78 is 13.3. The SMILES string of the molecule is CCCCCCC(C)Nc1ccccc1F. The number of nitrogens with one attached hydrogen (secondary N) is 1. The second kappa shape index (κ2) is 7.26. The van der Waals surface area contributed by atoms with Crippen LogP contribution in [0.5, 0.6) is 0 Å². The molecule has 1 unspecified atom stereocenters. The summed E-state index contributed by atoms with van der Waals surface area (Å²) >= 11 is 0. The van der Waals surface area contributed by atoms with Crippen LogP contribution in [0.25, 0.3) is 0 Å². The van der Waals surface area contributed by atoms with Crippen molar-refractivity contribution >= 4 is 5.69 Å². The van der Waals surface area contributed by atoms with E-state index in [1.165, 1.54) is 31.7 Å². The third-order valence-corrected chi connectivity index (χ3v) is 2.77. The van der Waals surface area contributed by atoms with Crippen molar-refractivity contribution < 1.29 is 4.39 Å². The predicted molar refractivity (Wildman–Crippen MR) is 68.2 cm³/mol. The van der Waals surface area contributed by atoms with Crippen LogP contribution < -0.4 is 5.32 Å². The summed E-state index contributed by atoms with van der Waals surface area (Å²) in [5.41, 5.74) is 0.616. The van der Waals surface area contributed by atoms with Gasteiger partial charge in [-0.1, -0.05) is 44.7 Å². The van der Waals surface area contributed by atoms with Gasteiger partial charge in [-0.05, 0) is 25.5 Å². The fourth-order valence-corrected chi connectivity index (χ4v) is 1.79. The fraction of sp³-hybridized carbons (Fsp3) is 0.571. The molecule has 1 aromatic rings. The van der Waals surface area contributed by atoms with Gasteiger partial charge in [0.1, 0.15) is 5.82 Å². The fourth-order valence-electron chi connectivity index (χ4n) is 1.79. The molecule has 0 heterocycles. The minimum Gasteiger partial charge on any atom is -0.380 e. The number of para-hydroxylation sites is 1. The highest BCUT2D eigenvalue weighted by Crippen LogP contribution is 2.15. The van der Waals surface area contributed by atoms with Gasteiger partial charge < -0.3 is 5.32 Å². The van der Waals surface area contributed by atoms with E-state index in [4.69, 9.17) is 0 Å². The maximum Gasteiger partial charge on any atom is 0.146 e. The predicted octanol–water partition coefficient (Wildman–Crippen LogP) is 4.60. The third kappa shape index (κ3) is 4.65. The Morgan fingerprint density at radius 2 is 1.94 bits per heavy atom. The highest BCUT2D eigenvalue weighted by molar-refractivity contribution is 5.44. The standard InChI is InChI=1S/C14H22FN/c1-3-4-5-6-9-12(2)16-14-11-8-7-10-13(14)15/h7-8,10-12,16H,3-6,9H2,1-2H3. The molecule has 1 nitrogen and oxygen atoms in total. The molecule has 0 radical (unpaired) electrons. The zero-order valence-corrected chi connectivity index (χ0v) is 10.3. The summed E-state index contributed by atoms with van der Waals surface area (Å²) in [6, 6.07) is 7.19. The lowest BCUT2D eigenvalue weighted by Crippen LogP contribution is -2.15. The van der Waals surface area contributed by atoms with Gasteiger partial charge in [-0.15, -0.1) is 0 Å². The first kappa shape index (κ1) is 13.0. The van der Waals surface area contributed by atoms with Crippen molar-refractivity contribution in [1.82, 2.24) is 0 Å². The highest BCUT2D eigenvalue weighted by Gasteiger charge is 2.04.